The van der Waals surface area contributed by atoms with Gasteiger partial charge in [0.15, 0.2) is 0 Å². The van der Waals surface area contributed by atoms with Gasteiger partial charge in [-0.05, 0) is 43.7 Å². The molecule has 3 aromatic carbocycles. The average molecular weight is 435 g/mol. The van der Waals surface area contributed by atoms with Crippen molar-refractivity contribution in [2.75, 3.05) is 5.73 Å². The summed E-state index contributed by atoms with van der Waals surface area (Å²) in [5, 5.41) is 19.6. The molecule has 0 amide bonds. The van der Waals surface area contributed by atoms with Gasteiger partial charge in [-0.2, -0.15) is 0 Å². The summed E-state index contributed by atoms with van der Waals surface area (Å²) in [6.07, 6.45) is 0. The van der Waals surface area contributed by atoms with Crippen LogP contribution in [0, 0.1) is 10.1 Å². The lowest BCUT2D eigenvalue weighted by Gasteiger charge is -2.27. The third kappa shape index (κ3) is 6.27. The van der Waals surface area contributed by atoms with Crippen molar-refractivity contribution >= 4 is 34.6 Å². The molecule has 0 saturated carbocycles. The van der Waals surface area contributed by atoms with E-state index in [0.717, 1.165) is 11.6 Å². The number of nitrogens with zero attached hydrogens (tertiary/aromatic N) is 1. The number of phenols is 1. The largest absolute Gasteiger partial charge is 0.508 e. The second kappa shape index (κ2) is 9.49. The van der Waals surface area contributed by atoms with E-state index in [1.807, 2.05) is 50.2 Å². The van der Waals surface area contributed by atoms with E-state index in [0.29, 0.717) is 16.5 Å². The van der Waals surface area contributed by atoms with E-state index in [1.54, 1.807) is 12.1 Å². The lowest BCUT2D eigenvalue weighted by Crippen LogP contribution is -2.25. The number of hydrogen-bond donors (Lipinski definition) is 2. The number of nitro groups is 1. The quantitative estimate of drug-likeness (QED) is 0.289. The predicted molar refractivity (Wildman–Crippen MR) is 116 cm³/mol. The highest BCUT2D eigenvalue weighted by Crippen LogP contribution is 2.31. The third-order valence-electron chi connectivity index (χ3n) is 3.94. The Morgan fingerprint density at radius 2 is 1.62 bits per heavy atom. The second-order valence-corrected chi connectivity index (χ2v) is 7.37. The summed E-state index contributed by atoms with van der Waals surface area (Å²) in [6, 6.07) is 18.9. The second-order valence-electron chi connectivity index (χ2n) is 6.55. The Morgan fingerprint density at radius 3 is 2.17 bits per heavy atom. The minimum atomic E-state index is -0.651. The highest BCUT2D eigenvalue weighted by atomic mass is 35.5. The fourth-order valence-electron chi connectivity index (χ4n) is 2.42. The van der Waals surface area contributed by atoms with Crippen LogP contribution in [0.4, 0.5) is 11.4 Å². The van der Waals surface area contributed by atoms with Gasteiger partial charge < -0.3 is 15.6 Å². The van der Waals surface area contributed by atoms with Gasteiger partial charge in [0.25, 0.3) is 5.69 Å². The summed E-state index contributed by atoms with van der Waals surface area (Å²) in [6.45, 7) is 4.04. The fourth-order valence-corrected chi connectivity index (χ4v) is 2.72. The predicted octanol–water partition coefficient (Wildman–Crippen LogP) is 6.19. The zero-order valence-electron chi connectivity index (χ0n) is 15.8. The first-order chi connectivity index (χ1) is 13.6. The standard InChI is InChI=1S/C15H16ClNO.C6H4ClNO3/c1-15(2,11-6-4-3-5-7-11)18-12-8-9-13(16)14(17)10-12;7-5-2-1-4(9)3-6(5)8(10)11/h3-10H,17H2,1-2H3;1-3,9H. The van der Waals surface area contributed by atoms with E-state index in [1.165, 1.54) is 12.1 Å². The minimum Gasteiger partial charge on any atom is -0.508 e. The average Bonchev–Trinajstić information content (AvgIpc) is 2.67. The van der Waals surface area contributed by atoms with Crippen LogP contribution in [-0.4, -0.2) is 10.0 Å². The Labute approximate surface area is 178 Å². The van der Waals surface area contributed by atoms with Crippen LogP contribution in [0.5, 0.6) is 11.5 Å². The molecule has 0 unspecified atom stereocenters. The van der Waals surface area contributed by atoms with Gasteiger partial charge in [-0.1, -0.05) is 53.5 Å². The maximum atomic E-state index is 10.2. The number of aromatic hydroxyl groups is 1. The van der Waals surface area contributed by atoms with Crippen molar-refractivity contribution in [1.82, 2.24) is 0 Å². The van der Waals surface area contributed by atoms with Crippen molar-refractivity contribution in [2.45, 2.75) is 19.4 Å². The maximum absolute atomic E-state index is 10.2. The number of anilines is 1. The van der Waals surface area contributed by atoms with Crippen LogP contribution in [0.15, 0.2) is 66.7 Å². The first-order valence-corrected chi connectivity index (χ1v) is 9.28. The van der Waals surface area contributed by atoms with E-state index in [4.69, 9.17) is 38.8 Å². The van der Waals surface area contributed by atoms with Crippen molar-refractivity contribution in [2.24, 2.45) is 0 Å². The maximum Gasteiger partial charge on any atom is 0.291 e. The summed E-state index contributed by atoms with van der Waals surface area (Å²) in [7, 11) is 0. The molecule has 29 heavy (non-hydrogen) atoms. The van der Waals surface area contributed by atoms with Crippen LogP contribution in [0.3, 0.4) is 0 Å². The lowest BCUT2D eigenvalue weighted by atomic mass is 9.98. The van der Waals surface area contributed by atoms with Gasteiger partial charge in [-0.25, -0.2) is 0 Å². The Balaban J connectivity index is 0.000000234. The van der Waals surface area contributed by atoms with Crippen LogP contribution in [0.2, 0.25) is 10.0 Å². The topological polar surface area (TPSA) is 98.6 Å². The van der Waals surface area contributed by atoms with Crippen molar-refractivity contribution in [3.05, 3.63) is 92.5 Å². The van der Waals surface area contributed by atoms with Crippen LogP contribution in [0.1, 0.15) is 19.4 Å². The molecular weight excluding hydrogens is 415 g/mol. The molecule has 0 aliphatic carbocycles. The summed E-state index contributed by atoms with van der Waals surface area (Å²) in [5.74, 6) is 0.548. The lowest BCUT2D eigenvalue weighted by molar-refractivity contribution is -0.384. The third-order valence-corrected chi connectivity index (χ3v) is 4.60. The van der Waals surface area contributed by atoms with Gasteiger partial charge in [0.1, 0.15) is 22.1 Å². The van der Waals surface area contributed by atoms with Crippen molar-refractivity contribution in [3.8, 4) is 11.5 Å². The Bertz CT molecular complexity index is 995. The number of halogens is 2. The molecular formula is C21H20Cl2N2O4. The number of ether oxygens (including phenoxy) is 1. The molecule has 0 saturated heterocycles. The first-order valence-electron chi connectivity index (χ1n) is 8.52. The molecule has 0 radical (unpaired) electrons. The first kappa shape index (κ1) is 22.3. The number of phenolic OH excluding ortho intramolecular Hbond substituents is 1. The minimum absolute atomic E-state index is 0.0211. The number of nitrogens with two attached hydrogens (primary N) is 1. The number of hydrogen-bond acceptors (Lipinski definition) is 5. The van der Waals surface area contributed by atoms with E-state index < -0.39 is 10.5 Å². The van der Waals surface area contributed by atoms with Gasteiger partial charge >= 0.3 is 0 Å². The molecule has 3 rings (SSSR count). The van der Waals surface area contributed by atoms with Gasteiger partial charge in [-0.3, -0.25) is 10.1 Å². The fraction of sp³-hybridized carbons (Fsp3) is 0.143. The van der Waals surface area contributed by atoms with E-state index >= 15 is 0 Å². The Hall–Kier alpha value is -2.96. The van der Waals surface area contributed by atoms with Crippen molar-refractivity contribution in [3.63, 3.8) is 0 Å². The number of rotatable bonds is 4. The van der Waals surface area contributed by atoms with Crippen LogP contribution in [-0.2, 0) is 5.60 Å². The Morgan fingerprint density at radius 1 is 1.00 bits per heavy atom. The number of nitrogen functional groups attached to an aromatic ring is 1. The van der Waals surface area contributed by atoms with Gasteiger partial charge in [-0.15, -0.1) is 0 Å². The van der Waals surface area contributed by atoms with E-state index in [-0.39, 0.29) is 16.5 Å². The van der Waals surface area contributed by atoms with Gasteiger partial charge in [0.05, 0.1) is 21.7 Å². The van der Waals surface area contributed by atoms with Gasteiger partial charge in [0, 0.05) is 6.07 Å². The van der Waals surface area contributed by atoms with Crippen LogP contribution in [0.25, 0.3) is 0 Å². The van der Waals surface area contributed by atoms with Crippen molar-refractivity contribution in [1.29, 1.82) is 0 Å². The molecule has 0 fully saturated rings. The van der Waals surface area contributed by atoms with E-state index in [9.17, 15) is 10.1 Å². The summed E-state index contributed by atoms with van der Waals surface area (Å²) in [4.78, 5) is 9.53. The Kier molecular flexibility index (Phi) is 7.31. The number of benzene rings is 3. The molecule has 3 N–H and O–H groups in total. The van der Waals surface area contributed by atoms with Crippen molar-refractivity contribution < 1.29 is 14.8 Å². The molecule has 0 aliphatic heterocycles. The summed E-state index contributed by atoms with van der Waals surface area (Å²) < 4.78 is 5.99. The molecule has 0 bridgehead atoms. The summed E-state index contributed by atoms with van der Waals surface area (Å²) in [5.41, 5.74) is 6.70. The molecule has 0 aromatic heterocycles. The smallest absolute Gasteiger partial charge is 0.291 e. The molecule has 8 heteroatoms. The molecule has 3 aromatic rings. The molecule has 6 nitrogen and oxygen atoms in total. The summed E-state index contributed by atoms with van der Waals surface area (Å²) >= 11 is 11.3. The zero-order chi connectivity index (χ0) is 21.6. The van der Waals surface area contributed by atoms with Gasteiger partial charge in [0.2, 0.25) is 0 Å². The molecule has 0 aliphatic rings. The number of nitro benzene ring substituents is 1. The molecule has 0 heterocycles. The van der Waals surface area contributed by atoms with E-state index in [2.05, 4.69) is 0 Å². The normalized spacial score (nSPS) is 10.6. The van der Waals surface area contributed by atoms with Crippen LogP contribution < -0.4 is 10.5 Å². The molecule has 0 spiro atoms. The monoisotopic (exact) mass is 434 g/mol. The molecule has 0 atom stereocenters. The highest BCUT2D eigenvalue weighted by Gasteiger charge is 2.22. The SMILES string of the molecule is CC(C)(Oc1ccc(Cl)c(N)c1)c1ccccc1.O=[N+]([O-])c1cc(O)ccc1Cl. The van der Waals surface area contributed by atoms with Crippen LogP contribution >= 0.6 is 23.2 Å². The zero-order valence-corrected chi connectivity index (χ0v) is 17.3. The highest BCUT2D eigenvalue weighted by molar-refractivity contribution is 6.33. The molecule has 152 valence electrons.